The van der Waals surface area contributed by atoms with Crippen LogP contribution in [0.5, 0.6) is 5.75 Å². The number of ether oxygens (including phenoxy) is 1. The molecule has 2 atom stereocenters. The molecule has 7 heteroatoms. The molecule has 4 rings (SSSR count). The Balaban J connectivity index is 1.50. The Morgan fingerprint density at radius 1 is 1.17 bits per heavy atom. The molecule has 2 aromatic heterocycles. The van der Waals surface area contributed by atoms with Gasteiger partial charge >= 0.3 is 0 Å². The second kappa shape index (κ2) is 5.43. The average Bonchev–Trinajstić information content (AvgIpc) is 3.06. The maximum Gasteiger partial charge on any atom is 0.200 e. The van der Waals surface area contributed by atoms with Crippen LogP contribution in [0.3, 0.4) is 0 Å². The van der Waals surface area contributed by atoms with Gasteiger partial charge in [0.05, 0.1) is 0 Å². The summed E-state index contributed by atoms with van der Waals surface area (Å²) in [6.07, 6.45) is 1.14. The Labute approximate surface area is 140 Å². The second-order valence-electron chi connectivity index (χ2n) is 6.82. The smallest absolute Gasteiger partial charge is 0.200 e. The SMILES string of the molecule is CN(c1ccc2nnnn2n1)[C@@H]1C[C@@H](Oc2ccccc2)C1(C)C. The molecule has 1 aromatic carbocycles. The molecule has 0 amide bonds. The fourth-order valence-corrected chi connectivity index (χ4v) is 3.37. The van der Waals surface area contributed by atoms with Gasteiger partial charge in [-0.15, -0.1) is 14.8 Å². The molecule has 7 nitrogen and oxygen atoms in total. The van der Waals surface area contributed by atoms with E-state index in [4.69, 9.17) is 4.74 Å². The number of para-hydroxylation sites is 1. The zero-order valence-electron chi connectivity index (χ0n) is 14.0. The Hall–Kier alpha value is -2.70. The van der Waals surface area contributed by atoms with Gasteiger partial charge in [-0.25, -0.2) is 0 Å². The summed E-state index contributed by atoms with van der Waals surface area (Å²) >= 11 is 0. The molecule has 0 bridgehead atoms. The first-order valence-electron chi connectivity index (χ1n) is 8.05. The van der Waals surface area contributed by atoms with Crippen LogP contribution in [-0.4, -0.2) is 44.4 Å². The minimum absolute atomic E-state index is 0.0157. The molecule has 124 valence electrons. The largest absolute Gasteiger partial charge is 0.490 e. The van der Waals surface area contributed by atoms with E-state index >= 15 is 0 Å². The van der Waals surface area contributed by atoms with E-state index in [1.165, 1.54) is 4.63 Å². The van der Waals surface area contributed by atoms with Crippen molar-refractivity contribution >= 4 is 11.5 Å². The first-order valence-corrected chi connectivity index (χ1v) is 8.05. The fraction of sp³-hybridized carbons (Fsp3) is 0.412. The van der Waals surface area contributed by atoms with E-state index in [2.05, 4.69) is 46.4 Å². The lowest BCUT2D eigenvalue weighted by molar-refractivity contribution is -0.0418. The maximum atomic E-state index is 6.16. The third kappa shape index (κ3) is 2.36. The summed E-state index contributed by atoms with van der Waals surface area (Å²) in [5.41, 5.74) is 0.660. The minimum atomic E-state index is 0.0157. The van der Waals surface area contributed by atoms with Crippen LogP contribution in [0, 0.1) is 5.41 Å². The molecule has 1 saturated carbocycles. The molecule has 0 saturated heterocycles. The highest BCUT2D eigenvalue weighted by atomic mass is 16.5. The lowest BCUT2D eigenvalue weighted by atomic mass is 9.64. The monoisotopic (exact) mass is 324 g/mol. The van der Waals surface area contributed by atoms with Gasteiger partial charge in [0.1, 0.15) is 11.9 Å². The fourth-order valence-electron chi connectivity index (χ4n) is 3.37. The topological polar surface area (TPSA) is 68.4 Å². The standard InChI is InChI=1S/C17H20N6O/c1-17(2)13(11-14(17)24-12-7-5-4-6-8-12)22(3)16-10-9-15-18-20-21-23(15)19-16/h4-10,13-14H,11H2,1-3H3/t13-,14-/m1/s1. The summed E-state index contributed by atoms with van der Waals surface area (Å²) < 4.78 is 7.61. The van der Waals surface area contributed by atoms with Gasteiger partial charge in [-0.2, -0.15) is 0 Å². The van der Waals surface area contributed by atoms with Gasteiger partial charge in [-0.05, 0) is 34.7 Å². The van der Waals surface area contributed by atoms with E-state index in [0.29, 0.717) is 11.7 Å². The zero-order chi connectivity index (χ0) is 16.7. The molecular formula is C17H20N6O. The first kappa shape index (κ1) is 14.9. The molecule has 0 aliphatic heterocycles. The summed E-state index contributed by atoms with van der Waals surface area (Å²) in [6, 6.07) is 14.2. The highest BCUT2D eigenvalue weighted by Gasteiger charge is 2.52. The number of aromatic nitrogens is 5. The number of hydrogen-bond acceptors (Lipinski definition) is 6. The number of hydrogen-bond donors (Lipinski definition) is 0. The molecule has 0 unspecified atom stereocenters. The molecule has 1 aliphatic rings. The summed E-state index contributed by atoms with van der Waals surface area (Å²) in [7, 11) is 2.06. The van der Waals surface area contributed by atoms with Crippen molar-refractivity contribution in [3.05, 3.63) is 42.5 Å². The van der Waals surface area contributed by atoms with Gasteiger partial charge in [0, 0.05) is 24.9 Å². The van der Waals surface area contributed by atoms with Crippen LogP contribution in [0.1, 0.15) is 20.3 Å². The normalized spacial score (nSPS) is 22.1. The maximum absolute atomic E-state index is 6.16. The molecule has 1 fully saturated rings. The van der Waals surface area contributed by atoms with E-state index in [1.807, 2.05) is 42.5 Å². The highest BCUT2D eigenvalue weighted by molar-refractivity contribution is 5.45. The summed E-state index contributed by atoms with van der Waals surface area (Å²) in [4.78, 5) is 2.19. The van der Waals surface area contributed by atoms with E-state index in [9.17, 15) is 0 Å². The van der Waals surface area contributed by atoms with E-state index in [1.54, 1.807) is 0 Å². The third-order valence-electron chi connectivity index (χ3n) is 5.03. The van der Waals surface area contributed by atoms with Crippen molar-refractivity contribution in [1.82, 2.24) is 25.3 Å². The van der Waals surface area contributed by atoms with Crippen LogP contribution in [0.2, 0.25) is 0 Å². The van der Waals surface area contributed by atoms with Gasteiger partial charge in [0.2, 0.25) is 0 Å². The Kier molecular flexibility index (Phi) is 3.37. The van der Waals surface area contributed by atoms with E-state index in [0.717, 1.165) is 18.0 Å². The predicted octanol–water partition coefficient (Wildman–Crippen LogP) is 2.20. The Morgan fingerprint density at radius 3 is 2.71 bits per heavy atom. The molecule has 0 N–H and O–H groups in total. The lowest BCUT2D eigenvalue weighted by Crippen LogP contribution is -2.62. The third-order valence-corrected chi connectivity index (χ3v) is 5.03. The van der Waals surface area contributed by atoms with Gasteiger partial charge in [0.25, 0.3) is 0 Å². The van der Waals surface area contributed by atoms with Crippen molar-refractivity contribution < 1.29 is 4.74 Å². The van der Waals surface area contributed by atoms with Gasteiger partial charge in [0.15, 0.2) is 11.5 Å². The number of tetrazole rings is 1. The average molecular weight is 324 g/mol. The molecule has 0 spiro atoms. The molecule has 3 aromatic rings. The van der Waals surface area contributed by atoms with Crippen molar-refractivity contribution in [1.29, 1.82) is 0 Å². The van der Waals surface area contributed by atoms with Gasteiger partial charge in [-0.3, -0.25) is 0 Å². The molecule has 24 heavy (non-hydrogen) atoms. The molecule has 1 aliphatic carbocycles. The summed E-state index contributed by atoms with van der Waals surface area (Å²) in [5.74, 6) is 1.77. The van der Waals surface area contributed by atoms with Crippen LogP contribution in [0.4, 0.5) is 5.82 Å². The summed E-state index contributed by atoms with van der Waals surface area (Å²) in [6.45, 7) is 4.47. The number of rotatable bonds is 4. The molecule has 0 radical (unpaired) electrons. The Morgan fingerprint density at radius 2 is 1.96 bits per heavy atom. The molecule has 2 heterocycles. The Bertz CT molecular complexity index is 846. The number of nitrogens with zero attached hydrogens (tertiary/aromatic N) is 6. The first-order chi connectivity index (χ1) is 11.6. The van der Waals surface area contributed by atoms with Crippen LogP contribution >= 0.6 is 0 Å². The van der Waals surface area contributed by atoms with E-state index in [-0.39, 0.29) is 11.5 Å². The van der Waals surface area contributed by atoms with Crippen molar-refractivity contribution in [3.8, 4) is 5.75 Å². The van der Waals surface area contributed by atoms with Crippen LogP contribution < -0.4 is 9.64 Å². The van der Waals surface area contributed by atoms with Gasteiger partial charge in [-0.1, -0.05) is 32.0 Å². The molecular weight excluding hydrogens is 304 g/mol. The highest BCUT2D eigenvalue weighted by Crippen LogP contribution is 2.46. The summed E-state index contributed by atoms with van der Waals surface area (Å²) in [5, 5.41) is 15.9. The quantitative estimate of drug-likeness (QED) is 0.733. The number of fused-ring (bicyclic) bond motifs is 1. The van der Waals surface area contributed by atoms with Crippen molar-refractivity contribution in [2.45, 2.75) is 32.4 Å². The predicted molar refractivity (Wildman–Crippen MR) is 90.0 cm³/mol. The van der Waals surface area contributed by atoms with Crippen molar-refractivity contribution in [2.75, 3.05) is 11.9 Å². The number of benzene rings is 1. The van der Waals surface area contributed by atoms with E-state index < -0.39 is 0 Å². The van der Waals surface area contributed by atoms with Gasteiger partial charge < -0.3 is 9.64 Å². The van der Waals surface area contributed by atoms with Crippen LogP contribution in [-0.2, 0) is 0 Å². The zero-order valence-corrected chi connectivity index (χ0v) is 14.0. The number of anilines is 1. The van der Waals surface area contributed by atoms with Crippen molar-refractivity contribution in [2.24, 2.45) is 5.41 Å². The second-order valence-corrected chi connectivity index (χ2v) is 6.82. The lowest BCUT2D eigenvalue weighted by Gasteiger charge is -2.54. The minimum Gasteiger partial charge on any atom is -0.490 e. The van der Waals surface area contributed by atoms with Crippen LogP contribution in [0.15, 0.2) is 42.5 Å². The van der Waals surface area contributed by atoms with Crippen molar-refractivity contribution in [3.63, 3.8) is 0 Å². The van der Waals surface area contributed by atoms with Crippen LogP contribution in [0.25, 0.3) is 5.65 Å².